The fourth-order valence-corrected chi connectivity index (χ4v) is 1.93. The van der Waals surface area contributed by atoms with Gasteiger partial charge in [0, 0.05) is 0 Å². The maximum absolute atomic E-state index is 5.43. The highest BCUT2D eigenvalue weighted by molar-refractivity contribution is 5.67. The normalized spacial score (nSPS) is 10.1. The molecule has 0 aliphatic carbocycles. The van der Waals surface area contributed by atoms with Crippen LogP contribution in [0.2, 0.25) is 0 Å². The van der Waals surface area contributed by atoms with Crippen molar-refractivity contribution in [3.63, 3.8) is 0 Å². The topological polar surface area (TPSA) is 27.7 Å². The van der Waals surface area contributed by atoms with Crippen LogP contribution in [0.1, 0.15) is 6.92 Å². The minimum absolute atomic E-state index is 0.676. The summed E-state index contributed by atoms with van der Waals surface area (Å²) in [6, 6.07) is 13.9. The third kappa shape index (κ3) is 2.99. The summed E-state index contributed by atoms with van der Waals surface area (Å²) in [4.78, 5) is 0. The van der Waals surface area contributed by atoms with Gasteiger partial charge in [-0.25, -0.2) is 0 Å². The van der Waals surface area contributed by atoms with Crippen molar-refractivity contribution in [2.24, 2.45) is 0 Å². The van der Waals surface area contributed by atoms with Crippen LogP contribution < -0.4 is 14.2 Å². The number of rotatable bonds is 5. The summed E-state index contributed by atoms with van der Waals surface area (Å²) in [5.41, 5.74) is 2.20. The Hall–Kier alpha value is -2.16. The Morgan fingerprint density at radius 3 is 2.00 bits per heavy atom. The molecule has 0 aliphatic rings. The maximum Gasteiger partial charge on any atom is 0.161 e. The summed E-state index contributed by atoms with van der Waals surface area (Å²) in [5.74, 6) is 2.35. The Labute approximate surface area is 113 Å². The van der Waals surface area contributed by atoms with Crippen LogP contribution in [0.4, 0.5) is 0 Å². The predicted molar refractivity (Wildman–Crippen MR) is 76.2 cm³/mol. The summed E-state index contributed by atoms with van der Waals surface area (Å²) < 4.78 is 16.0. The van der Waals surface area contributed by atoms with E-state index in [4.69, 9.17) is 14.2 Å². The van der Waals surface area contributed by atoms with Gasteiger partial charge >= 0.3 is 0 Å². The molecule has 2 aromatic carbocycles. The van der Waals surface area contributed by atoms with Gasteiger partial charge in [-0.2, -0.15) is 0 Å². The maximum atomic E-state index is 5.43. The lowest BCUT2D eigenvalue weighted by molar-refractivity contribution is 0.340. The lowest BCUT2D eigenvalue weighted by atomic mass is 10.1. The predicted octanol–water partition coefficient (Wildman–Crippen LogP) is 3.77. The first-order valence-corrected chi connectivity index (χ1v) is 6.23. The van der Waals surface area contributed by atoms with Crippen LogP contribution in [0.5, 0.6) is 17.2 Å². The van der Waals surface area contributed by atoms with Crippen molar-refractivity contribution in [1.82, 2.24) is 0 Å². The van der Waals surface area contributed by atoms with E-state index in [0.29, 0.717) is 6.61 Å². The van der Waals surface area contributed by atoms with E-state index >= 15 is 0 Å². The van der Waals surface area contributed by atoms with E-state index in [9.17, 15) is 0 Å². The Morgan fingerprint density at radius 2 is 1.42 bits per heavy atom. The molecule has 0 spiro atoms. The lowest BCUT2D eigenvalue weighted by Gasteiger charge is -2.10. The Balaban J connectivity index is 2.30. The number of hydrogen-bond acceptors (Lipinski definition) is 3. The third-order valence-electron chi connectivity index (χ3n) is 2.88. The molecule has 0 N–H and O–H groups in total. The van der Waals surface area contributed by atoms with Crippen molar-refractivity contribution in [3.8, 4) is 28.4 Å². The fourth-order valence-electron chi connectivity index (χ4n) is 1.93. The summed E-state index contributed by atoms with van der Waals surface area (Å²) >= 11 is 0. The van der Waals surface area contributed by atoms with E-state index in [-0.39, 0.29) is 0 Å². The molecular weight excluding hydrogens is 240 g/mol. The van der Waals surface area contributed by atoms with Crippen LogP contribution in [0.25, 0.3) is 11.1 Å². The Morgan fingerprint density at radius 1 is 0.789 bits per heavy atom. The first-order valence-electron chi connectivity index (χ1n) is 6.23. The van der Waals surface area contributed by atoms with Gasteiger partial charge < -0.3 is 14.2 Å². The van der Waals surface area contributed by atoms with Crippen LogP contribution in [-0.4, -0.2) is 20.8 Å². The average Bonchev–Trinajstić information content (AvgIpc) is 2.47. The molecule has 3 heteroatoms. The van der Waals surface area contributed by atoms with Gasteiger partial charge in [0.1, 0.15) is 5.75 Å². The standard InChI is InChI=1S/C16H18O3/c1-4-19-14-8-5-12(6-9-14)13-7-10-15(17-2)16(11-13)18-3/h5-11H,4H2,1-3H3. The number of ether oxygens (including phenoxy) is 3. The monoisotopic (exact) mass is 258 g/mol. The molecule has 2 rings (SSSR count). The highest BCUT2D eigenvalue weighted by Crippen LogP contribution is 2.32. The van der Waals surface area contributed by atoms with Gasteiger partial charge in [0.25, 0.3) is 0 Å². The number of hydrogen-bond donors (Lipinski definition) is 0. The molecule has 100 valence electrons. The molecular formula is C16H18O3. The minimum atomic E-state index is 0.676. The molecule has 19 heavy (non-hydrogen) atoms. The van der Waals surface area contributed by atoms with E-state index in [1.54, 1.807) is 14.2 Å². The van der Waals surface area contributed by atoms with E-state index in [1.165, 1.54) is 0 Å². The second-order valence-corrected chi connectivity index (χ2v) is 4.03. The zero-order chi connectivity index (χ0) is 13.7. The van der Waals surface area contributed by atoms with Gasteiger partial charge in [0.2, 0.25) is 0 Å². The summed E-state index contributed by atoms with van der Waals surface area (Å²) in [6.07, 6.45) is 0. The quantitative estimate of drug-likeness (QED) is 0.817. The lowest BCUT2D eigenvalue weighted by Crippen LogP contribution is -1.92. The molecule has 0 bridgehead atoms. The highest BCUT2D eigenvalue weighted by Gasteiger charge is 2.06. The van der Waals surface area contributed by atoms with Crippen LogP contribution in [0.3, 0.4) is 0 Å². The van der Waals surface area contributed by atoms with Gasteiger partial charge in [0.05, 0.1) is 20.8 Å². The minimum Gasteiger partial charge on any atom is -0.494 e. The first kappa shape index (κ1) is 13.3. The molecule has 0 atom stereocenters. The summed E-state index contributed by atoms with van der Waals surface area (Å²) in [7, 11) is 3.27. The number of benzene rings is 2. The highest BCUT2D eigenvalue weighted by atomic mass is 16.5. The number of methoxy groups -OCH3 is 2. The van der Waals surface area contributed by atoms with Crippen LogP contribution in [0.15, 0.2) is 42.5 Å². The van der Waals surface area contributed by atoms with Crippen molar-refractivity contribution in [1.29, 1.82) is 0 Å². The van der Waals surface area contributed by atoms with Crippen LogP contribution >= 0.6 is 0 Å². The van der Waals surface area contributed by atoms with Crippen molar-refractivity contribution in [2.75, 3.05) is 20.8 Å². The molecule has 0 aromatic heterocycles. The molecule has 3 nitrogen and oxygen atoms in total. The van der Waals surface area contributed by atoms with Crippen molar-refractivity contribution in [2.45, 2.75) is 6.92 Å². The summed E-state index contributed by atoms with van der Waals surface area (Å²) in [6.45, 7) is 2.65. The van der Waals surface area contributed by atoms with Crippen LogP contribution in [-0.2, 0) is 0 Å². The Kier molecular flexibility index (Phi) is 4.29. The molecule has 0 amide bonds. The molecule has 2 aromatic rings. The fraction of sp³-hybridized carbons (Fsp3) is 0.250. The van der Waals surface area contributed by atoms with Gasteiger partial charge in [-0.3, -0.25) is 0 Å². The summed E-state index contributed by atoms with van der Waals surface area (Å²) in [5, 5.41) is 0. The second-order valence-electron chi connectivity index (χ2n) is 4.03. The second kappa shape index (κ2) is 6.14. The van der Waals surface area contributed by atoms with Gasteiger partial charge in [-0.05, 0) is 42.3 Å². The van der Waals surface area contributed by atoms with E-state index in [2.05, 4.69) is 0 Å². The molecule has 0 radical (unpaired) electrons. The first-order chi connectivity index (χ1) is 9.28. The van der Waals surface area contributed by atoms with Crippen LogP contribution in [0, 0.1) is 0 Å². The average molecular weight is 258 g/mol. The van der Waals surface area contributed by atoms with Gasteiger partial charge in [0.15, 0.2) is 11.5 Å². The molecule has 0 fully saturated rings. The zero-order valence-electron chi connectivity index (χ0n) is 11.5. The van der Waals surface area contributed by atoms with E-state index in [1.807, 2.05) is 49.4 Å². The smallest absolute Gasteiger partial charge is 0.161 e. The van der Waals surface area contributed by atoms with Crippen molar-refractivity contribution in [3.05, 3.63) is 42.5 Å². The molecule has 0 saturated heterocycles. The van der Waals surface area contributed by atoms with Gasteiger partial charge in [-0.15, -0.1) is 0 Å². The van der Waals surface area contributed by atoms with Crippen molar-refractivity contribution < 1.29 is 14.2 Å². The SMILES string of the molecule is CCOc1ccc(-c2ccc(OC)c(OC)c2)cc1. The van der Waals surface area contributed by atoms with Gasteiger partial charge in [-0.1, -0.05) is 18.2 Å². The largest absolute Gasteiger partial charge is 0.494 e. The Bertz CT molecular complexity index is 532. The third-order valence-corrected chi connectivity index (χ3v) is 2.88. The molecule has 0 unspecified atom stereocenters. The molecule has 0 saturated carbocycles. The zero-order valence-corrected chi connectivity index (χ0v) is 11.5. The van der Waals surface area contributed by atoms with E-state index < -0.39 is 0 Å². The molecule has 0 aliphatic heterocycles. The van der Waals surface area contributed by atoms with Crippen molar-refractivity contribution >= 4 is 0 Å². The van der Waals surface area contributed by atoms with E-state index in [0.717, 1.165) is 28.4 Å². The molecule has 0 heterocycles.